The zero-order chi connectivity index (χ0) is 19.2. The summed E-state index contributed by atoms with van der Waals surface area (Å²) in [4.78, 5) is 14.6. The Kier molecular flexibility index (Phi) is 4.02. The molecule has 4 rings (SSSR count). The Morgan fingerprint density at radius 2 is 2.00 bits per heavy atom. The van der Waals surface area contributed by atoms with Crippen molar-refractivity contribution in [2.24, 2.45) is 0 Å². The van der Waals surface area contributed by atoms with Crippen molar-refractivity contribution in [3.8, 4) is 5.75 Å². The van der Waals surface area contributed by atoms with E-state index in [-0.39, 0.29) is 11.3 Å². The minimum Gasteiger partial charge on any atom is -0.493 e. The summed E-state index contributed by atoms with van der Waals surface area (Å²) in [5, 5.41) is 3.27. The van der Waals surface area contributed by atoms with Gasteiger partial charge in [0.1, 0.15) is 11.4 Å². The van der Waals surface area contributed by atoms with Gasteiger partial charge in [-0.15, -0.1) is 0 Å². The molecule has 1 unspecified atom stereocenters. The molecule has 1 amide bonds. The van der Waals surface area contributed by atoms with Gasteiger partial charge in [0.05, 0.1) is 13.2 Å². The van der Waals surface area contributed by atoms with Crippen molar-refractivity contribution in [1.29, 1.82) is 0 Å². The largest absolute Gasteiger partial charge is 0.493 e. The van der Waals surface area contributed by atoms with Crippen LogP contribution in [0, 0.1) is 6.92 Å². The first-order chi connectivity index (χ1) is 12.9. The van der Waals surface area contributed by atoms with Gasteiger partial charge in [-0.3, -0.25) is 4.79 Å². The molecule has 1 fully saturated rings. The molecule has 0 aromatic heterocycles. The van der Waals surface area contributed by atoms with E-state index in [2.05, 4.69) is 61.3 Å². The van der Waals surface area contributed by atoms with E-state index < -0.39 is 5.66 Å². The number of benzene rings is 2. The SMILES string of the molecule is CCOc1ccccc1/C=C/C12NC(=O)CN1c1ccc(C)cc1C2(C)C. The zero-order valence-electron chi connectivity index (χ0n) is 16.4. The highest BCUT2D eigenvalue weighted by Gasteiger charge is 2.59. The minimum atomic E-state index is -0.584. The molecule has 27 heavy (non-hydrogen) atoms. The Morgan fingerprint density at radius 3 is 2.78 bits per heavy atom. The molecule has 2 heterocycles. The summed E-state index contributed by atoms with van der Waals surface area (Å²) < 4.78 is 5.76. The molecular weight excluding hydrogens is 336 g/mol. The molecule has 140 valence electrons. The molecule has 2 aliphatic heterocycles. The Morgan fingerprint density at radius 1 is 1.22 bits per heavy atom. The summed E-state index contributed by atoms with van der Waals surface area (Å²) in [6.07, 6.45) is 4.20. The number of nitrogens with zero attached hydrogens (tertiary/aromatic N) is 1. The number of hydrogen-bond acceptors (Lipinski definition) is 3. The van der Waals surface area contributed by atoms with Gasteiger partial charge in [0, 0.05) is 16.7 Å². The molecule has 1 atom stereocenters. The first kappa shape index (κ1) is 17.7. The summed E-state index contributed by atoms with van der Waals surface area (Å²) in [5.74, 6) is 0.907. The van der Waals surface area contributed by atoms with Crippen LogP contribution in [-0.2, 0) is 10.2 Å². The van der Waals surface area contributed by atoms with Gasteiger partial charge in [-0.25, -0.2) is 0 Å². The maximum Gasteiger partial charge on any atom is 0.241 e. The second-order valence-corrected chi connectivity index (χ2v) is 7.85. The highest BCUT2D eigenvalue weighted by molar-refractivity contribution is 5.91. The molecule has 0 bridgehead atoms. The predicted molar refractivity (Wildman–Crippen MR) is 109 cm³/mol. The van der Waals surface area contributed by atoms with Crippen molar-refractivity contribution in [2.45, 2.75) is 38.8 Å². The lowest BCUT2D eigenvalue weighted by atomic mass is 9.75. The molecule has 0 spiro atoms. The van der Waals surface area contributed by atoms with Crippen molar-refractivity contribution in [1.82, 2.24) is 5.32 Å². The second kappa shape index (κ2) is 6.15. The maximum atomic E-state index is 12.4. The van der Waals surface area contributed by atoms with Crippen molar-refractivity contribution < 1.29 is 9.53 Å². The molecule has 0 saturated carbocycles. The van der Waals surface area contributed by atoms with Crippen molar-refractivity contribution in [3.63, 3.8) is 0 Å². The fourth-order valence-electron chi connectivity index (χ4n) is 4.40. The minimum absolute atomic E-state index is 0.0528. The second-order valence-electron chi connectivity index (χ2n) is 7.85. The number of carbonyl (C=O) groups is 1. The number of hydrogen-bond donors (Lipinski definition) is 1. The van der Waals surface area contributed by atoms with Gasteiger partial charge in [0.2, 0.25) is 5.91 Å². The van der Waals surface area contributed by atoms with E-state index in [1.54, 1.807) is 0 Å². The Bertz CT molecular complexity index is 932. The van der Waals surface area contributed by atoms with Gasteiger partial charge in [0.25, 0.3) is 0 Å². The fourth-order valence-corrected chi connectivity index (χ4v) is 4.40. The van der Waals surface area contributed by atoms with E-state index >= 15 is 0 Å². The molecule has 2 aromatic rings. The number of para-hydroxylation sites is 1. The molecular formula is C23H26N2O2. The Hall–Kier alpha value is -2.75. The van der Waals surface area contributed by atoms with Crippen LogP contribution in [0.25, 0.3) is 6.08 Å². The summed E-state index contributed by atoms with van der Waals surface area (Å²) in [5.41, 5.74) is 3.79. The Labute approximate surface area is 160 Å². The number of amides is 1. The normalized spacial score (nSPS) is 22.7. The first-order valence-electron chi connectivity index (χ1n) is 9.50. The quantitative estimate of drug-likeness (QED) is 0.893. The van der Waals surface area contributed by atoms with Gasteiger partial charge >= 0.3 is 0 Å². The molecule has 2 aromatic carbocycles. The van der Waals surface area contributed by atoms with E-state index in [1.807, 2.05) is 31.2 Å². The number of anilines is 1. The van der Waals surface area contributed by atoms with Crippen LogP contribution in [0.2, 0.25) is 0 Å². The highest BCUT2D eigenvalue weighted by atomic mass is 16.5. The summed E-state index contributed by atoms with van der Waals surface area (Å²) >= 11 is 0. The number of aryl methyl sites for hydroxylation is 1. The molecule has 4 nitrogen and oxygen atoms in total. The van der Waals surface area contributed by atoms with Crippen molar-refractivity contribution >= 4 is 17.7 Å². The number of ether oxygens (including phenoxy) is 1. The van der Waals surface area contributed by atoms with E-state index in [4.69, 9.17) is 4.74 Å². The standard InChI is InChI=1S/C23H26N2O2/c1-5-27-20-9-7-6-8-17(20)12-13-23-22(3,4)18-14-16(2)10-11-19(18)25(23)15-21(26)24-23/h6-14H,5,15H2,1-4H3,(H,24,26)/b13-12+. The smallest absolute Gasteiger partial charge is 0.241 e. The fraction of sp³-hybridized carbons (Fsp3) is 0.348. The van der Waals surface area contributed by atoms with E-state index in [1.165, 1.54) is 11.1 Å². The van der Waals surface area contributed by atoms with Crippen molar-refractivity contribution in [2.75, 3.05) is 18.1 Å². The van der Waals surface area contributed by atoms with Crippen LogP contribution in [0.15, 0.2) is 48.5 Å². The van der Waals surface area contributed by atoms with Gasteiger partial charge in [-0.1, -0.05) is 55.8 Å². The van der Waals surface area contributed by atoms with Gasteiger partial charge in [0.15, 0.2) is 0 Å². The lowest BCUT2D eigenvalue weighted by molar-refractivity contribution is -0.118. The summed E-state index contributed by atoms with van der Waals surface area (Å²) in [6, 6.07) is 14.5. The lowest BCUT2D eigenvalue weighted by Crippen LogP contribution is -2.58. The van der Waals surface area contributed by atoms with Gasteiger partial charge in [-0.05, 0) is 37.6 Å². The van der Waals surface area contributed by atoms with Crippen LogP contribution in [0.4, 0.5) is 5.69 Å². The van der Waals surface area contributed by atoms with Crippen LogP contribution in [0.1, 0.15) is 37.5 Å². The molecule has 0 aliphatic carbocycles. The maximum absolute atomic E-state index is 12.4. The van der Waals surface area contributed by atoms with Crippen LogP contribution < -0.4 is 15.0 Å². The zero-order valence-corrected chi connectivity index (χ0v) is 16.4. The van der Waals surface area contributed by atoms with Gasteiger partial charge < -0.3 is 15.0 Å². The third kappa shape index (κ3) is 2.54. The van der Waals surface area contributed by atoms with Crippen LogP contribution in [-0.4, -0.2) is 24.7 Å². The Balaban J connectivity index is 1.82. The monoisotopic (exact) mass is 362 g/mol. The van der Waals surface area contributed by atoms with E-state index in [0.29, 0.717) is 13.2 Å². The molecule has 2 aliphatic rings. The van der Waals surface area contributed by atoms with Crippen LogP contribution in [0.5, 0.6) is 5.75 Å². The summed E-state index contributed by atoms with van der Waals surface area (Å²) in [7, 11) is 0. The predicted octanol–water partition coefficient (Wildman–Crippen LogP) is 4.03. The van der Waals surface area contributed by atoms with E-state index in [0.717, 1.165) is 17.0 Å². The molecule has 4 heteroatoms. The van der Waals surface area contributed by atoms with E-state index in [9.17, 15) is 4.79 Å². The lowest BCUT2D eigenvalue weighted by Gasteiger charge is -2.40. The molecule has 1 saturated heterocycles. The number of rotatable bonds is 4. The summed E-state index contributed by atoms with van der Waals surface area (Å²) in [6.45, 7) is 9.49. The van der Waals surface area contributed by atoms with Crippen molar-refractivity contribution in [3.05, 3.63) is 65.2 Å². The molecule has 0 radical (unpaired) electrons. The third-order valence-electron chi connectivity index (χ3n) is 5.85. The number of carbonyl (C=O) groups excluding carboxylic acids is 1. The van der Waals surface area contributed by atoms with Gasteiger partial charge in [-0.2, -0.15) is 0 Å². The third-order valence-corrected chi connectivity index (χ3v) is 5.85. The average molecular weight is 362 g/mol. The topological polar surface area (TPSA) is 41.6 Å². The average Bonchev–Trinajstić information content (AvgIpc) is 3.06. The number of fused-ring (bicyclic) bond motifs is 3. The number of nitrogens with one attached hydrogen (secondary N) is 1. The van der Waals surface area contributed by atoms with Crippen LogP contribution >= 0.6 is 0 Å². The molecule has 1 N–H and O–H groups in total. The highest BCUT2D eigenvalue weighted by Crippen LogP contribution is 2.53. The first-order valence-corrected chi connectivity index (χ1v) is 9.50. The van der Waals surface area contributed by atoms with Crippen LogP contribution in [0.3, 0.4) is 0 Å².